The van der Waals surface area contributed by atoms with Gasteiger partial charge in [-0.05, 0) is 50.9 Å². The molecular weight excluding hydrogens is 440 g/mol. The van der Waals surface area contributed by atoms with Crippen LogP contribution in [0.25, 0.3) is 0 Å². The second-order valence-electron chi connectivity index (χ2n) is 7.91. The number of likely N-dealkylation sites (N-methyl/N-ethyl adjacent to an activating group) is 1. The zero-order valence-corrected chi connectivity index (χ0v) is 20.8. The average Bonchev–Trinajstić information content (AvgIpc) is 2.84. The Labute approximate surface area is 199 Å². The van der Waals surface area contributed by atoms with Gasteiger partial charge in [-0.3, -0.25) is 9.36 Å². The first kappa shape index (κ1) is 25.1. The van der Waals surface area contributed by atoms with Gasteiger partial charge < -0.3 is 19.7 Å². The lowest BCUT2D eigenvalue weighted by molar-refractivity contribution is -0.113. The zero-order chi connectivity index (χ0) is 23.8. The Hall–Kier alpha value is -2.52. The monoisotopic (exact) mass is 474 g/mol. The van der Waals surface area contributed by atoms with Gasteiger partial charge in [-0.15, -0.1) is 0 Å². The summed E-state index contributed by atoms with van der Waals surface area (Å²) in [7, 11) is 3.12. The van der Waals surface area contributed by atoms with Crippen molar-refractivity contribution in [3.63, 3.8) is 0 Å². The van der Waals surface area contributed by atoms with Gasteiger partial charge in [-0.1, -0.05) is 25.6 Å². The van der Waals surface area contributed by atoms with Crippen molar-refractivity contribution in [2.24, 2.45) is 0 Å². The Morgan fingerprint density at radius 3 is 2.64 bits per heavy atom. The molecular formula is C24H34N4O4S. The molecule has 1 aromatic heterocycles. The largest absolute Gasteiger partial charge is 0.497 e. The fourth-order valence-corrected chi connectivity index (χ4v) is 4.99. The average molecular weight is 475 g/mol. The summed E-state index contributed by atoms with van der Waals surface area (Å²) in [6.07, 6.45) is 3.92. The Morgan fingerprint density at radius 2 is 1.94 bits per heavy atom. The van der Waals surface area contributed by atoms with E-state index in [4.69, 9.17) is 9.47 Å². The van der Waals surface area contributed by atoms with Crippen LogP contribution in [0.3, 0.4) is 0 Å². The van der Waals surface area contributed by atoms with Gasteiger partial charge in [0.05, 0.1) is 25.7 Å². The summed E-state index contributed by atoms with van der Waals surface area (Å²) in [4.78, 5) is 32.2. The molecule has 0 bridgehead atoms. The molecule has 1 heterocycles. The van der Waals surface area contributed by atoms with Crippen molar-refractivity contribution in [1.82, 2.24) is 14.5 Å². The zero-order valence-electron chi connectivity index (χ0n) is 20.0. The van der Waals surface area contributed by atoms with Gasteiger partial charge in [0.25, 0.3) is 0 Å². The molecule has 1 amide bonds. The van der Waals surface area contributed by atoms with Gasteiger partial charge in [0.15, 0.2) is 0 Å². The maximum absolute atomic E-state index is 12.9. The molecule has 8 nitrogen and oxygen atoms in total. The summed E-state index contributed by atoms with van der Waals surface area (Å²) >= 11 is 1.32. The fraction of sp³-hybridized carbons (Fsp3) is 0.542. The molecule has 33 heavy (non-hydrogen) atoms. The van der Waals surface area contributed by atoms with Crippen molar-refractivity contribution in [3.8, 4) is 11.5 Å². The molecule has 2 aromatic rings. The van der Waals surface area contributed by atoms with Crippen LogP contribution in [0.1, 0.15) is 37.9 Å². The van der Waals surface area contributed by atoms with Crippen molar-refractivity contribution in [2.45, 2.75) is 51.1 Å². The van der Waals surface area contributed by atoms with Crippen LogP contribution < -0.4 is 20.5 Å². The first-order valence-electron chi connectivity index (χ1n) is 11.5. The molecule has 0 radical (unpaired) electrons. The Bertz CT molecular complexity index is 1020. The van der Waals surface area contributed by atoms with Crippen LogP contribution in [0.5, 0.6) is 11.5 Å². The summed E-state index contributed by atoms with van der Waals surface area (Å²) in [5.41, 5.74) is 2.53. The van der Waals surface area contributed by atoms with Crippen molar-refractivity contribution in [3.05, 3.63) is 39.9 Å². The van der Waals surface area contributed by atoms with Crippen molar-refractivity contribution in [1.29, 1.82) is 0 Å². The number of ether oxygens (including phenoxy) is 2. The molecule has 1 aliphatic rings. The third-order valence-corrected chi connectivity index (χ3v) is 7.02. The molecule has 0 fully saturated rings. The molecule has 0 saturated carbocycles. The van der Waals surface area contributed by atoms with E-state index in [9.17, 15) is 9.59 Å². The normalized spacial score (nSPS) is 13.0. The van der Waals surface area contributed by atoms with Gasteiger partial charge in [0, 0.05) is 30.4 Å². The van der Waals surface area contributed by atoms with E-state index in [-0.39, 0.29) is 17.3 Å². The number of carbonyl (C=O) groups is 1. The number of nitrogens with one attached hydrogen (secondary N) is 1. The van der Waals surface area contributed by atoms with E-state index in [1.165, 1.54) is 11.8 Å². The molecule has 0 unspecified atom stereocenters. The van der Waals surface area contributed by atoms with Gasteiger partial charge in [0.2, 0.25) is 5.91 Å². The fourth-order valence-electron chi connectivity index (χ4n) is 4.11. The predicted octanol–water partition coefficient (Wildman–Crippen LogP) is 3.21. The van der Waals surface area contributed by atoms with Crippen LogP contribution in [0.4, 0.5) is 5.69 Å². The number of hydrogen-bond acceptors (Lipinski definition) is 7. The van der Waals surface area contributed by atoms with Crippen LogP contribution in [-0.4, -0.2) is 60.0 Å². The van der Waals surface area contributed by atoms with Crippen LogP contribution in [-0.2, 0) is 24.2 Å². The van der Waals surface area contributed by atoms with E-state index >= 15 is 0 Å². The van der Waals surface area contributed by atoms with Crippen LogP contribution >= 0.6 is 11.8 Å². The Morgan fingerprint density at radius 1 is 1.18 bits per heavy atom. The van der Waals surface area contributed by atoms with Crippen molar-refractivity contribution < 1.29 is 14.3 Å². The number of amides is 1. The molecule has 1 N–H and O–H groups in total. The minimum atomic E-state index is -0.222. The van der Waals surface area contributed by atoms with Crippen LogP contribution in [0.15, 0.2) is 28.0 Å². The lowest BCUT2D eigenvalue weighted by atomic mass is 9.97. The van der Waals surface area contributed by atoms with Gasteiger partial charge >= 0.3 is 5.69 Å². The van der Waals surface area contributed by atoms with Crippen LogP contribution in [0, 0.1) is 0 Å². The second kappa shape index (κ2) is 12.1. The van der Waals surface area contributed by atoms with E-state index in [1.54, 1.807) is 32.4 Å². The molecule has 1 aliphatic carbocycles. The number of hydrogen-bond donors (Lipinski definition) is 1. The lowest BCUT2D eigenvalue weighted by Gasteiger charge is -2.24. The number of nitrogens with zero attached hydrogens (tertiary/aromatic N) is 3. The van der Waals surface area contributed by atoms with Gasteiger partial charge in [-0.25, -0.2) is 4.79 Å². The van der Waals surface area contributed by atoms with Crippen molar-refractivity contribution in [2.75, 3.05) is 44.9 Å². The summed E-state index contributed by atoms with van der Waals surface area (Å²) in [6.45, 7) is 7.66. The Kier molecular flexibility index (Phi) is 9.20. The van der Waals surface area contributed by atoms with Crippen molar-refractivity contribution >= 4 is 23.4 Å². The van der Waals surface area contributed by atoms with E-state index in [1.807, 2.05) is 4.57 Å². The standard InChI is InChI=1S/C24H34N4O4S/c1-5-27(6-2)13-14-28-20-10-8-7-9-18(20)23(26-24(28)30)33-16-22(29)25-19-15-17(31-3)11-12-21(19)32-4/h11-12,15H,5-10,13-14,16H2,1-4H3,(H,25,29). The van der Waals surface area contributed by atoms with E-state index < -0.39 is 0 Å². The third kappa shape index (κ3) is 6.29. The topological polar surface area (TPSA) is 85.7 Å². The summed E-state index contributed by atoms with van der Waals surface area (Å²) in [5, 5.41) is 3.56. The minimum absolute atomic E-state index is 0.155. The maximum Gasteiger partial charge on any atom is 0.348 e. The third-order valence-electron chi connectivity index (χ3n) is 6.01. The molecule has 3 rings (SSSR count). The van der Waals surface area contributed by atoms with E-state index in [0.29, 0.717) is 28.8 Å². The smallest absolute Gasteiger partial charge is 0.348 e. The van der Waals surface area contributed by atoms with Gasteiger partial charge in [0.1, 0.15) is 16.5 Å². The number of fused-ring (bicyclic) bond motifs is 1. The highest BCUT2D eigenvalue weighted by atomic mass is 32.2. The first-order valence-corrected chi connectivity index (χ1v) is 12.5. The number of thioether (sulfide) groups is 1. The number of aromatic nitrogens is 2. The minimum Gasteiger partial charge on any atom is -0.497 e. The van der Waals surface area contributed by atoms with Crippen LogP contribution in [0.2, 0.25) is 0 Å². The van der Waals surface area contributed by atoms with E-state index in [2.05, 4.69) is 29.0 Å². The lowest BCUT2D eigenvalue weighted by Crippen LogP contribution is -2.35. The SMILES string of the molecule is CCN(CC)CCn1c2c(c(SCC(=O)Nc3cc(OC)ccc3OC)nc1=O)CCCC2. The molecule has 0 atom stereocenters. The molecule has 0 saturated heterocycles. The molecule has 0 spiro atoms. The highest BCUT2D eigenvalue weighted by Crippen LogP contribution is 2.31. The summed E-state index contributed by atoms with van der Waals surface area (Å²) < 4.78 is 12.4. The molecule has 180 valence electrons. The highest BCUT2D eigenvalue weighted by Gasteiger charge is 2.21. The number of carbonyl (C=O) groups excluding carboxylic acids is 1. The molecule has 0 aliphatic heterocycles. The highest BCUT2D eigenvalue weighted by molar-refractivity contribution is 8.00. The Balaban J connectivity index is 1.74. The summed E-state index contributed by atoms with van der Waals surface area (Å²) in [6, 6.07) is 5.24. The quantitative estimate of drug-likeness (QED) is 0.395. The number of rotatable bonds is 11. The summed E-state index contributed by atoms with van der Waals surface area (Å²) in [5.74, 6) is 1.15. The number of methoxy groups -OCH3 is 2. The first-order chi connectivity index (χ1) is 16.0. The predicted molar refractivity (Wildman–Crippen MR) is 132 cm³/mol. The second-order valence-corrected chi connectivity index (χ2v) is 8.88. The van der Waals surface area contributed by atoms with Gasteiger partial charge in [-0.2, -0.15) is 4.98 Å². The maximum atomic E-state index is 12.9. The molecule has 9 heteroatoms. The number of anilines is 1. The molecule has 1 aromatic carbocycles. The number of benzene rings is 1. The van der Waals surface area contributed by atoms with E-state index in [0.717, 1.165) is 56.6 Å².